The second-order valence-electron chi connectivity index (χ2n) is 3.95. The third-order valence-electron chi connectivity index (χ3n) is 2.45. The second kappa shape index (κ2) is 5.31. The molecule has 4 heteroatoms. The zero-order valence-corrected chi connectivity index (χ0v) is 11.3. The molecule has 0 heterocycles. The van der Waals surface area contributed by atoms with Crippen molar-refractivity contribution in [3.63, 3.8) is 0 Å². The lowest BCUT2D eigenvalue weighted by atomic mass is 10.2. The first-order valence-corrected chi connectivity index (χ1v) is 6.18. The molecule has 0 aliphatic carbocycles. The number of anilines is 1. The van der Waals surface area contributed by atoms with Gasteiger partial charge in [0.25, 0.3) is 5.91 Å². The van der Waals surface area contributed by atoms with Crippen LogP contribution in [0, 0.1) is 12.7 Å². The Hall–Kier alpha value is -1.68. The van der Waals surface area contributed by atoms with Gasteiger partial charge in [0, 0.05) is 10.2 Å². The second-order valence-corrected chi connectivity index (χ2v) is 4.80. The van der Waals surface area contributed by atoms with Gasteiger partial charge in [-0.15, -0.1) is 0 Å². The molecule has 2 aromatic carbocycles. The molecule has 92 valence electrons. The highest BCUT2D eigenvalue weighted by Gasteiger charge is 2.11. The highest BCUT2D eigenvalue weighted by Crippen LogP contribution is 2.19. The molecule has 2 aromatic rings. The molecule has 0 saturated carbocycles. The van der Waals surface area contributed by atoms with E-state index in [9.17, 15) is 9.18 Å². The topological polar surface area (TPSA) is 29.1 Å². The monoisotopic (exact) mass is 307 g/mol. The molecule has 2 rings (SSSR count). The SMILES string of the molecule is Cc1cccc(NC(=O)c2cc(F)ccc2Br)c1. The molecule has 0 aliphatic rings. The van der Waals surface area contributed by atoms with Crippen LogP contribution in [0.5, 0.6) is 0 Å². The standard InChI is InChI=1S/C14H11BrFNO/c1-9-3-2-4-11(7-9)17-14(18)12-8-10(16)5-6-13(12)15/h2-8H,1H3,(H,17,18). The van der Waals surface area contributed by atoms with Gasteiger partial charge in [-0.2, -0.15) is 0 Å². The van der Waals surface area contributed by atoms with Gasteiger partial charge < -0.3 is 5.32 Å². The highest BCUT2D eigenvalue weighted by molar-refractivity contribution is 9.10. The number of hydrogen-bond donors (Lipinski definition) is 1. The summed E-state index contributed by atoms with van der Waals surface area (Å²) in [6, 6.07) is 11.5. The Labute approximate surface area is 113 Å². The quantitative estimate of drug-likeness (QED) is 0.887. The molecular weight excluding hydrogens is 297 g/mol. The van der Waals surface area contributed by atoms with Crippen molar-refractivity contribution in [1.29, 1.82) is 0 Å². The summed E-state index contributed by atoms with van der Waals surface area (Å²) in [5.74, 6) is -0.778. The van der Waals surface area contributed by atoms with Crippen LogP contribution in [0.15, 0.2) is 46.9 Å². The van der Waals surface area contributed by atoms with E-state index in [1.54, 1.807) is 6.07 Å². The van der Waals surface area contributed by atoms with Crippen LogP contribution >= 0.6 is 15.9 Å². The van der Waals surface area contributed by atoms with Gasteiger partial charge in [0.2, 0.25) is 0 Å². The highest BCUT2D eigenvalue weighted by atomic mass is 79.9. The van der Waals surface area contributed by atoms with Crippen LogP contribution in [0.25, 0.3) is 0 Å². The van der Waals surface area contributed by atoms with Crippen LogP contribution in [0.2, 0.25) is 0 Å². The molecule has 0 atom stereocenters. The minimum absolute atomic E-state index is 0.275. The fourth-order valence-electron chi connectivity index (χ4n) is 1.59. The van der Waals surface area contributed by atoms with Gasteiger partial charge in [-0.05, 0) is 58.7 Å². The Morgan fingerprint density at radius 1 is 1.22 bits per heavy atom. The summed E-state index contributed by atoms with van der Waals surface area (Å²) < 4.78 is 13.7. The number of aryl methyl sites for hydroxylation is 1. The van der Waals surface area contributed by atoms with Crippen molar-refractivity contribution in [3.05, 3.63) is 63.9 Å². The fraction of sp³-hybridized carbons (Fsp3) is 0.0714. The van der Waals surface area contributed by atoms with Crippen molar-refractivity contribution < 1.29 is 9.18 Å². The Balaban J connectivity index is 2.24. The summed E-state index contributed by atoms with van der Waals surface area (Å²) in [6.07, 6.45) is 0. The predicted molar refractivity (Wildman–Crippen MR) is 73.2 cm³/mol. The van der Waals surface area contributed by atoms with E-state index in [1.807, 2.05) is 25.1 Å². The zero-order valence-electron chi connectivity index (χ0n) is 9.71. The summed E-state index contributed by atoms with van der Waals surface area (Å²) in [5, 5.41) is 2.73. The lowest BCUT2D eigenvalue weighted by Gasteiger charge is -2.07. The molecule has 18 heavy (non-hydrogen) atoms. The van der Waals surface area contributed by atoms with Gasteiger partial charge >= 0.3 is 0 Å². The zero-order chi connectivity index (χ0) is 13.1. The van der Waals surface area contributed by atoms with Crippen molar-refractivity contribution in [1.82, 2.24) is 0 Å². The minimum Gasteiger partial charge on any atom is -0.322 e. The molecule has 1 amide bonds. The largest absolute Gasteiger partial charge is 0.322 e. The van der Waals surface area contributed by atoms with E-state index in [0.717, 1.165) is 5.56 Å². The molecule has 0 spiro atoms. The summed E-state index contributed by atoms with van der Waals surface area (Å²) in [6.45, 7) is 1.94. The molecule has 1 N–H and O–H groups in total. The predicted octanol–water partition coefficient (Wildman–Crippen LogP) is 4.15. The van der Waals surface area contributed by atoms with Gasteiger partial charge in [0.05, 0.1) is 5.56 Å². The maximum absolute atomic E-state index is 13.1. The van der Waals surface area contributed by atoms with Crippen LogP contribution < -0.4 is 5.32 Å². The van der Waals surface area contributed by atoms with Gasteiger partial charge in [-0.3, -0.25) is 4.79 Å². The van der Waals surface area contributed by atoms with Gasteiger partial charge in [-0.25, -0.2) is 4.39 Å². The van der Waals surface area contributed by atoms with E-state index in [2.05, 4.69) is 21.2 Å². The third-order valence-corrected chi connectivity index (χ3v) is 3.14. The van der Waals surface area contributed by atoms with Crippen LogP contribution in [0.4, 0.5) is 10.1 Å². The van der Waals surface area contributed by atoms with Crippen molar-refractivity contribution in [2.45, 2.75) is 6.92 Å². The first-order valence-electron chi connectivity index (χ1n) is 5.39. The van der Waals surface area contributed by atoms with E-state index < -0.39 is 5.82 Å². The van der Waals surface area contributed by atoms with Gasteiger partial charge in [0.15, 0.2) is 0 Å². The number of nitrogens with one attached hydrogen (secondary N) is 1. The smallest absolute Gasteiger partial charge is 0.256 e. The summed E-state index contributed by atoms with van der Waals surface area (Å²) >= 11 is 3.23. The lowest BCUT2D eigenvalue weighted by Crippen LogP contribution is -2.12. The molecule has 0 bridgehead atoms. The molecule has 0 fully saturated rings. The molecule has 0 radical (unpaired) electrons. The number of halogens is 2. The summed E-state index contributed by atoms with van der Waals surface area (Å²) in [7, 11) is 0. The average Bonchev–Trinajstić information content (AvgIpc) is 2.32. The van der Waals surface area contributed by atoms with Gasteiger partial charge in [0.1, 0.15) is 5.82 Å². The van der Waals surface area contributed by atoms with Crippen LogP contribution in [-0.4, -0.2) is 5.91 Å². The van der Waals surface area contributed by atoms with Crippen molar-refractivity contribution in [2.75, 3.05) is 5.32 Å². The number of benzene rings is 2. The lowest BCUT2D eigenvalue weighted by molar-refractivity contribution is 0.102. The molecule has 0 saturated heterocycles. The van der Waals surface area contributed by atoms with E-state index in [4.69, 9.17) is 0 Å². The first-order chi connectivity index (χ1) is 8.56. The van der Waals surface area contributed by atoms with E-state index in [-0.39, 0.29) is 11.5 Å². The van der Waals surface area contributed by atoms with Crippen LogP contribution in [-0.2, 0) is 0 Å². The molecule has 0 aliphatic heterocycles. The van der Waals surface area contributed by atoms with Crippen molar-refractivity contribution >= 4 is 27.5 Å². The normalized spacial score (nSPS) is 10.2. The summed E-state index contributed by atoms with van der Waals surface area (Å²) in [5.41, 5.74) is 2.01. The van der Waals surface area contributed by atoms with Crippen molar-refractivity contribution in [3.8, 4) is 0 Å². The number of rotatable bonds is 2. The van der Waals surface area contributed by atoms with Crippen molar-refractivity contribution in [2.24, 2.45) is 0 Å². The molecule has 0 aromatic heterocycles. The van der Waals surface area contributed by atoms with Gasteiger partial charge in [-0.1, -0.05) is 12.1 Å². The van der Waals surface area contributed by atoms with Crippen LogP contribution in [0.3, 0.4) is 0 Å². The van der Waals surface area contributed by atoms with E-state index in [1.165, 1.54) is 18.2 Å². The minimum atomic E-state index is -0.437. The first kappa shape index (κ1) is 12.8. The fourth-order valence-corrected chi connectivity index (χ4v) is 2.02. The Bertz CT molecular complexity index is 598. The number of carbonyl (C=O) groups is 1. The van der Waals surface area contributed by atoms with Crippen LogP contribution in [0.1, 0.15) is 15.9 Å². The average molecular weight is 308 g/mol. The Kier molecular flexibility index (Phi) is 3.77. The number of hydrogen-bond acceptors (Lipinski definition) is 1. The molecule has 0 unspecified atom stereocenters. The number of amides is 1. The Morgan fingerprint density at radius 2 is 2.00 bits per heavy atom. The maximum Gasteiger partial charge on any atom is 0.256 e. The molecule has 2 nitrogen and oxygen atoms in total. The third kappa shape index (κ3) is 2.96. The summed E-state index contributed by atoms with van der Waals surface area (Å²) in [4.78, 5) is 12.0. The van der Waals surface area contributed by atoms with E-state index >= 15 is 0 Å². The molecular formula is C14H11BrFNO. The maximum atomic E-state index is 13.1. The Morgan fingerprint density at radius 3 is 2.72 bits per heavy atom. The van der Waals surface area contributed by atoms with E-state index in [0.29, 0.717) is 10.2 Å². The number of carbonyl (C=O) groups excluding carboxylic acids is 1.